The molecule has 3 rings (SSSR count). The molecule has 0 radical (unpaired) electrons. The first-order chi connectivity index (χ1) is 10.0. The zero-order valence-electron chi connectivity index (χ0n) is 12.5. The Morgan fingerprint density at radius 1 is 1.18 bits per heavy atom. The molecule has 6 heteroatoms. The molecule has 1 unspecified atom stereocenters. The van der Waals surface area contributed by atoms with Crippen LogP contribution in [0.2, 0.25) is 0 Å². The molecular weight excluding hydrogens is 298 g/mol. The number of nitrogen functional groups attached to an aromatic ring is 1. The van der Waals surface area contributed by atoms with Gasteiger partial charge in [0.2, 0.25) is 0 Å². The van der Waals surface area contributed by atoms with E-state index < -0.39 is 10.8 Å². The van der Waals surface area contributed by atoms with Crippen molar-refractivity contribution < 1.29 is 9.69 Å². The summed E-state index contributed by atoms with van der Waals surface area (Å²) in [5, 5.41) is 0.498. The summed E-state index contributed by atoms with van der Waals surface area (Å²) in [6, 6.07) is 11.5. The first-order valence-corrected chi connectivity index (χ1v) is 8.05. The van der Waals surface area contributed by atoms with E-state index in [0.717, 1.165) is 16.6 Å². The van der Waals surface area contributed by atoms with Crippen LogP contribution < -0.4 is 5.73 Å². The van der Waals surface area contributed by atoms with E-state index in [1.54, 1.807) is 0 Å². The van der Waals surface area contributed by atoms with Crippen molar-refractivity contribution in [2.75, 3.05) is 5.73 Å². The van der Waals surface area contributed by atoms with Gasteiger partial charge in [-0.2, -0.15) is 0 Å². The Balaban J connectivity index is 0.00000176. The molecule has 0 fully saturated rings. The van der Waals surface area contributed by atoms with Gasteiger partial charge in [-0.15, -0.1) is 0 Å². The second kappa shape index (κ2) is 6.29. The summed E-state index contributed by atoms with van der Waals surface area (Å²) in [7, 11) is -1.24. The Hall–Kier alpha value is -2.18. The normalized spacial score (nSPS) is 12.1. The fourth-order valence-electron chi connectivity index (χ4n) is 2.23. The van der Waals surface area contributed by atoms with Crippen LogP contribution in [-0.4, -0.2) is 19.7 Å². The lowest BCUT2D eigenvalue weighted by Gasteiger charge is -2.03. The highest BCUT2D eigenvalue weighted by molar-refractivity contribution is 7.84. The van der Waals surface area contributed by atoms with Crippen LogP contribution in [0, 0.1) is 13.8 Å². The average molecular weight is 317 g/mol. The molecule has 0 aliphatic rings. The van der Waals surface area contributed by atoms with E-state index in [1.165, 1.54) is 11.1 Å². The first kappa shape index (κ1) is 16.2. The number of fused-ring (bicyclic) bond motifs is 1. The third kappa shape index (κ3) is 3.03. The Bertz CT molecular complexity index is 804. The van der Waals surface area contributed by atoms with Crippen molar-refractivity contribution in [3.05, 3.63) is 53.1 Å². The topological polar surface area (TPSA) is 103 Å². The number of nitrogens with one attached hydrogen (secondary N) is 1. The van der Waals surface area contributed by atoms with E-state index in [9.17, 15) is 4.21 Å². The van der Waals surface area contributed by atoms with Crippen LogP contribution >= 0.6 is 0 Å². The van der Waals surface area contributed by atoms with Crippen molar-refractivity contribution in [3.63, 3.8) is 0 Å². The molecular formula is C16H19N3O2S. The molecule has 0 spiro atoms. The van der Waals surface area contributed by atoms with Gasteiger partial charge in [0.25, 0.3) is 0 Å². The molecule has 0 saturated heterocycles. The maximum atomic E-state index is 12.5. The number of anilines is 1. The molecule has 1 aromatic heterocycles. The monoisotopic (exact) mass is 317 g/mol. The zero-order valence-corrected chi connectivity index (χ0v) is 13.3. The van der Waals surface area contributed by atoms with E-state index >= 15 is 0 Å². The van der Waals surface area contributed by atoms with Gasteiger partial charge in [0.05, 0.1) is 27.6 Å². The number of nitrogens with zero attached hydrogens (tertiary/aromatic N) is 1. The first-order valence-electron chi connectivity index (χ1n) is 6.73. The van der Waals surface area contributed by atoms with Crippen LogP contribution in [0.15, 0.2) is 41.6 Å². The highest BCUT2D eigenvalue weighted by Crippen LogP contribution is 2.21. The second-order valence-corrected chi connectivity index (χ2v) is 6.55. The fraction of sp³-hybridized carbons (Fsp3) is 0.188. The highest BCUT2D eigenvalue weighted by Gasteiger charge is 2.12. The lowest BCUT2D eigenvalue weighted by Crippen LogP contribution is -2.01. The van der Waals surface area contributed by atoms with Crippen molar-refractivity contribution in [2.45, 2.75) is 24.8 Å². The number of aryl methyl sites for hydroxylation is 2. The van der Waals surface area contributed by atoms with Crippen LogP contribution in [0.25, 0.3) is 11.0 Å². The third-order valence-electron chi connectivity index (χ3n) is 3.63. The van der Waals surface area contributed by atoms with E-state index in [4.69, 9.17) is 5.73 Å². The molecule has 0 saturated carbocycles. The minimum Gasteiger partial charge on any atom is -0.412 e. The summed E-state index contributed by atoms with van der Waals surface area (Å²) in [6.07, 6.45) is 0. The van der Waals surface area contributed by atoms with E-state index in [-0.39, 0.29) is 5.48 Å². The number of para-hydroxylation sites is 1. The number of benzene rings is 2. The largest absolute Gasteiger partial charge is 0.412 e. The fourth-order valence-corrected chi connectivity index (χ4v) is 3.34. The zero-order chi connectivity index (χ0) is 15.0. The summed E-state index contributed by atoms with van der Waals surface area (Å²) in [5.74, 6) is 0.366. The van der Waals surface area contributed by atoms with Crippen LogP contribution in [0.5, 0.6) is 0 Å². The molecule has 1 atom stereocenters. The van der Waals surface area contributed by atoms with Crippen LogP contribution in [-0.2, 0) is 16.6 Å². The van der Waals surface area contributed by atoms with Crippen molar-refractivity contribution in [2.24, 2.45) is 0 Å². The predicted molar refractivity (Wildman–Crippen MR) is 90.1 cm³/mol. The van der Waals surface area contributed by atoms with Crippen molar-refractivity contribution in [3.8, 4) is 0 Å². The van der Waals surface area contributed by atoms with Gasteiger partial charge in [-0.05, 0) is 48.7 Å². The Morgan fingerprint density at radius 2 is 1.86 bits per heavy atom. The van der Waals surface area contributed by atoms with Crippen LogP contribution in [0.3, 0.4) is 0 Å². The van der Waals surface area contributed by atoms with Gasteiger partial charge in [-0.1, -0.05) is 18.2 Å². The summed E-state index contributed by atoms with van der Waals surface area (Å²) in [6.45, 7) is 4.10. The van der Waals surface area contributed by atoms with Crippen molar-refractivity contribution in [1.29, 1.82) is 0 Å². The summed E-state index contributed by atoms with van der Waals surface area (Å²) < 4.78 is 12.5. The molecule has 5 N–H and O–H groups in total. The Morgan fingerprint density at radius 3 is 2.59 bits per heavy atom. The van der Waals surface area contributed by atoms with Gasteiger partial charge < -0.3 is 16.2 Å². The minimum atomic E-state index is -1.24. The molecule has 0 aliphatic carbocycles. The maximum absolute atomic E-state index is 12.5. The second-order valence-electron chi connectivity index (χ2n) is 5.18. The molecule has 2 aromatic carbocycles. The Labute approximate surface area is 131 Å². The quantitative estimate of drug-likeness (QED) is 0.724. The summed E-state index contributed by atoms with van der Waals surface area (Å²) in [5.41, 5.74) is 11.6. The molecule has 1 heterocycles. The van der Waals surface area contributed by atoms with E-state index in [1.807, 2.05) is 43.3 Å². The predicted octanol–water partition coefficient (Wildman–Crippen LogP) is 2.25. The van der Waals surface area contributed by atoms with E-state index in [0.29, 0.717) is 16.6 Å². The molecule has 5 nitrogen and oxygen atoms in total. The number of hydrogen-bond acceptors (Lipinski definition) is 3. The van der Waals surface area contributed by atoms with Gasteiger partial charge in [0, 0.05) is 5.69 Å². The SMILES string of the molecule is Cc1cc2nc(S(=O)Cc3ccccc3N)[nH]c2cc1C.O. The smallest absolute Gasteiger partial charge is 0.197 e. The van der Waals surface area contributed by atoms with Gasteiger partial charge >= 0.3 is 0 Å². The number of H-pyrrole nitrogens is 1. The standard InChI is InChI=1S/C16H17N3OS.H2O/c1-10-7-14-15(8-11(10)2)19-16(18-14)21(20)9-12-5-3-4-6-13(12)17;/h3-8H,9,17H2,1-2H3,(H,18,19);1H2. The molecule has 0 aliphatic heterocycles. The number of rotatable bonds is 3. The summed E-state index contributed by atoms with van der Waals surface area (Å²) in [4.78, 5) is 7.59. The lowest BCUT2D eigenvalue weighted by molar-refractivity contribution is 0.677. The Kier molecular flexibility index (Phi) is 4.63. The molecule has 3 aromatic rings. The van der Waals surface area contributed by atoms with Crippen molar-refractivity contribution >= 4 is 27.5 Å². The molecule has 0 bridgehead atoms. The van der Waals surface area contributed by atoms with Crippen molar-refractivity contribution in [1.82, 2.24) is 9.97 Å². The summed E-state index contributed by atoms with van der Waals surface area (Å²) >= 11 is 0. The number of aromatic amines is 1. The molecule has 0 amide bonds. The number of hydrogen-bond donors (Lipinski definition) is 2. The highest BCUT2D eigenvalue weighted by atomic mass is 32.2. The van der Waals surface area contributed by atoms with Crippen LogP contribution in [0.4, 0.5) is 5.69 Å². The van der Waals surface area contributed by atoms with Gasteiger partial charge in [-0.25, -0.2) is 4.98 Å². The number of imidazole rings is 1. The van der Waals surface area contributed by atoms with Gasteiger partial charge in [-0.3, -0.25) is 4.21 Å². The number of nitrogens with two attached hydrogens (primary N) is 1. The molecule has 22 heavy (non-hydrogen) atoms. The third-order valence-corrected chi connectivity index (χ3v) is 4.83. The van der Waals surface area contributed by atoms with Crippen LogP contribution in [0.1, 0.15) is 16.7 Å². The minimum absolute atomic E-state index is 0. The van der Waals surface area contributed by atoms with E-state index in [2.05, 4.69) is 16.9 Å². The lowest BCUT2D eigenvalue weighted by atomic mass is 10.1. The maximum Gasteiger partial charge on any atom is 0.197 e. The molecule has 116 valence electrons. The van der Waals surface area contributed by atoms with Gasteiger partial charge in [0.1, 0.15) is 0 Å². The van der Waals surface area contributed by atoms with Gasteiger partial charge in [0.15, 0.2) is 5.16 Å². The number of aromatic nitrogens is 2. The average Bonchev–Trinajstić information content (AvgIpc) is 2.85.